The number of hydrogen-bond donors (Lipinski definition) is 3. The van der Waals surface area contributed by atoms with Crippen LogP contribution in [0, 0.1) is 0 Å². The maximum absolute atomic E-state index is 13.2. The zero-order valence-electron chi connectivity index (χ0n) is 22.5. The molecule has 2 rings (SSSR count). The molecule has 2 aromatic rings. The second-order valence-electron chi connectivity index (χ2n) is 10.9. The highest BCUT2D eigenvalue weighted by Crippen LogP contribution is 2.33. The van der Waals surface area contributed by atoms with Gasteiger partial charge in [-0.3, -0.25) is 4.79 Å². The summed E-state index contributed by atoms with van der Waals surface area (Å²) in [4.78, 5) is 26.0. The highest BCUT2D eigenvalue weighted by Gasteiger charge is 2.25. The van der Waals surface area contributed by atoms with Gasteiger partial charge in [0.05, 0.1) is 0 Å². The van der Waals surface area contributed by atoms with Crippen LogP contribution < -0.4 is 20.7 Å². The van der Waals surface area contributed by atoms with Crippen LogP contribution in [0.4, 0.5) is 10.5 Å². The largest absolute Gasteiger partial charge is 0.490 e. The van der Waals surface area contributed by atoms with Crippen molar-refractivity contribution in [3.63, 3.8) is 0 Å². The van der Waals surface area contributed by atoms with Gasteiger partial charge in [0.1, 0.15) is 18.4 Å². The Balaban J connectivity index is 2.26. The molecule has 0 spiro atoms. The summed E-state index contributed by atoms with van der Waals surface area (Å²) in [5.41, 5.74) is 3.53. The van der Waals surface area contributed by atoms with Crippen LogP contribution in [0.1, 0.15) is 58.2 Å². The molecular weight excluding hydrogens is 450 g/mol. The molecule has 3 amide bonds. The van der Waals surface area contributed by atoms with Crippen molar-refractivity contribution in [2.75, 3.05) is 18.5 Å². The lowest BCUT2D eigenvalue weighted by atomic mass is 9.81. The Bertz CT molecular complexity index is 1060. The van der Waals surface area contributed by atoms with Crippen molar-refractivity contribution in [2.24, 2.45) is 0 Å². The Morgan fingerprint density at radius 2 is 1.61 bits per heavy atom. The fourth-order valence-corrected chi connectivity index (χ4v) is 3.70. The minimum absolute atomic E-state index is 0.0714. The molecule has 1 atom stereocenters. The van der Waals surface area contributed by atoms with Crippen molar-refractivity contribution in [1.29, 1.82) is 0 Å². The number of carbonyl (C=O) groups excluding carboxylic acids is 2. The fraction of sp³-hybridized carbons (Fsp3) is 0.400. The van der Waals surface area contributed by atoms with Gasteiger partial charge in [0.2, 0.25) is 5.91 Å². The molecule has 0 saturated carbocycles. The second kappa shape index (κ2) is 12.4. The van der Waals surface area contributed by atoms with Crippen molar-refractivity contribution < 1.29 is 14.3 Å². The summed E-state index contributed by atoms with van der Waals surface area (Å²) >= 11 is 0. The minimum atomic E-state index is -0.770. The Morgan fingerprint density at radius 1 is 0.944 bits per heavy atom. The molecule has 0 aliphatic carbocycles. The van der Waals surface area contributed by atoms with Crippen LogP contribution in [0.2, 0.25) is 0 Å². The van der Waals surface area contributed by atoms with Gasteiger partial charge in [0.15, 0.2) is 0 Å². The van der Waals surface area contributed by atoms with Gasteiger partial charge in [0, 0.05) is 18.7 Å². The maximum Gasteiger partial charge on any atom is 0.319 e. The molecule has 6 nitrogen and oxygen atoms in total. The van der Waals surface area contributed by atoms with E-state index in [9.17, 15) is 9.59 Å². The first-order valence-corrected chi connectivity index (χ1v) is 12.3. The molecule has 0 heterocycles. The fourth-order valence-electron chi connectivity index (χ4n) is 3.70. The first kappa shape index (κ1) is 28.7. The van der Waals surface area contributed by atoms with Gasteiger partial charge in [-0.1, -0.05) is 84.5 Å². The Morgan fingerprint density at radius 3 is 2.17 bits per heavy atom. The highest BCUT2D eigenvalue weighted by atomic mass is 16.5. The quantitative estimate of drug-likeness (QED) is 0.363. The van der Waals surface area contributed by atoms with Crippen molar-refractivity contribution >= 4 is 17.6 Å². The van der Waals surface area contributed by atoms with Crippen LogP contribution in [0.15, 0.2) is 67.8 Å². The summed E-state index contributed by atoms with van der Waals surface area (Å²) in [5, 5.41) is 8.67. The van der Waals surface area contributed by atoms with E-state index in [4.69, 9.17) is 4.74 Å². The van der Waals surface area contributed by atoms with E-state index in [1.807, 2.05) is 30.3 Å². The number of nitrogens with one attached hydrogen (secondary N) is 3. The van der Waals surface area contributed by atoms with Gasteiger partial charge in [-0.05, 0) is 45.7 Å². The van der Waals surface area contributed by atoms with Crippen LogP contribution >= 0.6 is 0 Å². The van der Waals surface area contributed by atoms with Crippen molar-refractivity contribution in [3.05, 3.63) is 84.5 Å². The number of urea groups is 1. The van der Waals surface area contributed by atoms with E-state index < -0.39 is 12.1 Å². The molecule has 0 saturated heterocycles. The standard InChI is InChI=1S/C30H41N3O3/c1-9-17-31-27(34)26(19-21-11-14-23(15-12-21)36-18-10-2)33-28(35)32-25-20-22(29(3,4)5)13-16-24(25)30(6,7)8/h9-16,20,26H,1-2,17-19H2,3-8H3,(H,31,34)(H2,32,33,35)/t26-/m1/s1. The van der Waals surface area contributed by atoms with Crippen LogP contribution in [0.5, 0.6) is 5.75 Å². The molecule has 194 valence electrons. The average Bonchev–Trinajstić information content (AvgIpc) is 2.80. The summed E-state index contributed by atoms with van der Waals surface area (Å²) in [7, 11) is 0. The third-order valence-electron chi connectivity index (χ3n) is 5.72. The van der Waals surface area contributed by atoms with Crippen LogP contribution in [0.25, 0.3) is 0 Å². The summed E-state index contributed by atoms with van der Waals surface area (Å²) in [6.45, 7) is 20.8. The molecule has 0 radical (unpaired) electrons. The summed E-state index contributed by atoms with van der Waals surface area (Å²) in [5.74, 6) is 0.432. The molecule has 6 heteroatoms. The van der Waals surface area contributed by atoms with E-state index in [0.717, 1.165) is 22.4 Å². The van der Waals surface area contributed by atoms with Gasteiger partial charge in [-0.15, -0.1) is 6.58 Å². The third-order valence-corrected chi connectivity index (χ3v) is 5.72. The van der Waals surface area contributed by atoms with Crippen molar-refractivity contribution in [2.45, 2.75) is 64.8 Å². The lowest BCUT2D eigenvalue weighted by Crippen LogP contribution is -2.49. The zero-order valence-corrected chi connectivity index (χ0v) is 22.5. The normalized spacial score (nSPS) is 12.3. The van der Waals surface area contributed by atoms with Gasteiger partial charge in [-0.25, -0.2) is 4.79 Å². The summed E-state index contributed by atoms with van der Waals surface area (Å²) < 4.78 is 5.53. The Kier molecular flexibility index (Phi) is 9.91. The predicted octanol–water partition coefficient (Wildman–Crippen LogP) is 5.88. The predicted molar refractivity (Wildman–Crippen MR) is 149 cm³/mol. The van der Waals surface area contributed by atoms with Gasteiger partial charge in [-0.2, -0.15) is 0 Å². The molecule has 3 N–H and O–H groups in total. The molecule has 36 heavy (non-hydrogen) atoms. The summed E-state index contributed by atoms with van der Waals surface area (Å²) in [6.07, 6.45) is 3.61. The van der Waals surface area contributed by atoms with Crippen molar-refractivity contribution in [3.8, 4) is 5.75 Å². The first-order chi connectivity index (χ1) is 16.8. The van der Waals surface area contributed by atoms with Gasteiger partial charge in [0.25, 0.3) is 0 Å². The highest BCUT2D eigenvalue weighted by molar-refractivity contribution is 5.94. The molecule has 0 aliphatic heterocycles. The number of anilines is 1. The lowest BCUT2D eigenvalue weighted by molar-refractivity contribution is -0.122. The van der Waals surface area contributed by atoms with Crippen LogP contribution in [-0.4, -0.2) is 31.1 Å². The van der Waals surface area contributed by atoms with Crippen LogP contribution in [-0.2, 0) is 22.0 Å². The van der Waals surface area contributed by atoms with E-state index in [-0.39, 0.29) is 16.7 Å². The smallest absolute Gasteiger partial charge is 0.319 e. The topological polar surface area (TPSA) is 79.5 Å². The number of carbonyl (C=O) groups is 2. The SMILES string of the molecule is C=CCNC(=O)[C@@H](Cc1ccc(OCC=C)cc1)NC(=O)Nc1cc(C(C)(C)C)ccc1C(C)(C)C. The Labute approximate surface area is 216 Å². The zero-order chi connectivity index (χ0) is 26.9. The van der Waals surface area contributed by atoms with Crippen LogP contribution in [0.3, 0.4) is 0 Å². The number of benzene rings is 2. The minimum Gasteiger partial charge on any atom is -0.490 e. The number of hydrogen-bond acceptors (Lipinski definition) is 3. The maximum atomic E-state index is 13.2. The lowest BCUT2D eigenvalue weighted by Gasteiger charge is -2.27. The second-order valence-corrected chi connectivity index (χ2v) is 10.9. The molecular formula is C30H41N3O3. The molecule has 0 aromatic heterocycles. The number of ether oxygens (including phenoxy) is 1. The average molecular weight is 492 g/mol. The summed E-state index contributed by atoms with van der Waals surface area (Å²) in [6, 6.07) is 12.4. The van der Waals surface area contributed by atoms with E-state index in [2.05, 4.69) is 82.8 Å². The van der Waals surface area contributed by atoms with E-state index in [1.165, 1.54) is 0 Å². The molecule has 2 aromatic carbocycles. The first-order valence-electron chi connectivity index (χ1n) is 12.3. The van der Waals surface area contributed by atoms with Gasteiger partial charge < -0.3 is 20.7 Å². The molecule has 0 fully saturated rings. The van der Waals surface area contributed by atoms with Gasteiger partial charge >= 0.3 is 6.03 Å². The van der Waals surface area contributed by atoms with E-state index in [0.29, 0.717) is 25.3 Å². The Hall–Kier alpha value is -3.54. The number of amides is 3. The molecule has 0 bridgehead atoms. The van der Waals surface area contributed by atoms with E-state index in [1.54, 1.807) is 12.2 Å². The molecule has 0 unspecified atom stereocenters. The van der Waals surface area contributed by atoms with Crippen molar-refractivity contribution in [1.82, 2.24) is 10.6 Å². The number of rotatable bonds is 10. The molecule has 0 aliphatic rings. The van der Waals surface area contributed by atoms with E-state index >= 15 is 0 Å². The monoisotopic (exact) mass is 491 g/mol. The third kappa shape index (κ3) is 8.59.